The molecule has 7 heteroatoms. The standard InChI is InChI=1S/C12H14N2O4S/c1-4-17-11(15)9-7(3)8(6-13)10(19-9)14-12(16)18-5-2/h4-5H2,1-3H3,(H,14,16). The number of esters is 1. The van der Waals surface area contributed by atoms with Gasteiger partial charge >= 0.3 is 12.1 Å². The Balaban J connectivity index is 3.06. The maximum Gasteiger partial charge on any atom is 0.412 e. The monoisotopic (exact) mass is 282 g/mol. The minimum Gasteiger partial charge on any atom is -0.462 e. The van der Waals surface area contributed by atoms with Crippen LogP contribution in [-0.4, -0.2) is 25.3 Å². The van der Waals surface area contributed by atoms with E-state index in [0.29, 0.717) is 15.4 Å². The highest BCUT2D eigenvalue weighted by Gasteiger charge is 2.22. The summed E-state index contributed by atoms with van der Waals surface area (Å²) in [6, 6.07) is 1.96. The Kier molecular flexibility index (Phi) is 5.33. The molecule has 102 valence electrons. The number of nitriles is 1. The Morgan fingerprint density at radius 1 is 1.32 bits per heavy atom. The van der Waals surface area contributed by atoms with Crippen LogP contribution in [0.25, 0.3) is 0 Å². The SMILES string of the molecule is CCOC(=O)Nc1sc(C(=O)OCC)c(C)c1C#N. The molecule has 0 aliphatic rings. The van der Waals surface area contributed by atoms with Gasteiger partial charge in [0.05, 0.1) is 18.8 Å². The second kappa shape index (κ2) is 6.75. The molecule has 0 aliphatic carbocycles. The van der Waals surface area contributed by atoms with Crippen LogP contribution in [0.2, 0.25) is 0 Å². The Bertz CT molecular complexity index is 531. The molecule has 0 radical (unpaired) electrons. The van der Waals surface area contributed by atoms with Crippen molar-refractivity contribution in [3.63, 3.8) is 0 Å². The van der Waals surface area contributed by atoms with Crippen LogP contribution < -0.4 is 5.32 Å². The van der Waals surface area contributed by atoms with E-state index in [4.69, 9.17) is 14.7 Å². The van der Waals surface area contributed by atoms with Crippen molar-refractivity contribution in [2.75, 3.05) is 18.5 Å². The molecular weight excluding hydrogens is 268 g/mol. The van der Waals surface area contributed by atoms with Crippen molar-refractivity contribution in [3.8, 4) is 6.07 Å². The zero-order chi connectivity index (χ0) is 14.4. The van der Waals surface area contributed by atoms with Gasteiger partial charge in [-0.15, -0.1) is 11.3 Å². The van der Waals surface area contributed by atoms with Gasteiger partial charge in [0.25, 0.3) is 0 Å². The zero-order valence-electron chi connectivity index (χ0n) is 10.9. The number of rotatable bonds is 4. The molecule has 0 aliphatic heterocycles. The predicted octanol–water partition coefficient (Wildman–Crippen LogP) is 2.67. The number of hydrogen-bond acceptors (Lipinski definition) is 6. The Hall–Kier alpha value is -2.07. The average molecular weight is 282 g/mol. The lowest BCUT2D eigenvalue weighted by Crippen LogP contribution is -2.13. The first-order valence-corrected chi connectivity index (χ1v) is 6.51. The molecule has 0 unspecified atom stereocenters. The lowest BCUT2D eigenvalue weighted by atomic mass is 10.2. The van der Waals surface area contributed by atoms with E-state index >= 15 is 0 Å². The number of ether oxygens (including phenoxy) is 2. The minimum atomic E-state index is -0.657. The molecule has 1 aromatic heterocycles. The predicted molar refractivity (Wildman–Crippen MR) is 70.4 cm³/mol. The van der Waals surface area contributed by atoms with Gasteiger partial charge in [-0.3, -0.25) is 5.32 Å². The van der Waals surface area contributed by atoms with Crippen molar-refractivity contribution in [1.82, 2.24) is 0 Å². The molecule has 19 heavy (non-hydrogen) atoms. The van der Waals surface area contributed by atoms with E-state index in [0.717, 1.165) is 11.3 Å². The van der Waals surface area contributed by atoms with Crippen molar-refractivity contribution >= 4 is 28.4 Å². The Morgan fingerprint density at radius 3 is 2.47 bits per heavy atom. The number of thiophene rings is 1. The topological polar surface area (TPSA) is 88.4 Å². The van der Waals surface area contributed by atoms with E-state index in [1.54, 1.807) is 20.8 Å². The summed E-state index contributed by atoms with van der Waals surface area (Å²) in [5, 5.41) is 11.8. The van der Waals surface area contributed by atoms with Gasteiger partial charge in [-0.05, 0) is 26.3 Å². The van der Waals surface area contributed by atoms with Crippen LogP contribution in [0.1, 0.15) is 34.6 Å². The minimum absolute atomic E-state index is 0.225. The van der Waals surface area contributed by atoms with Gasteiger partial charge in [-0.25, -0.2) is 9.59 Å². The third kappa shape index (κ3) is 3.45. The summed E-state index contributed by atoms with van der Waals surface area (Å²) in [5.41, 5.74) is 0.749. The molecule has 1 heterocycles. The summed E-state index contributed by atoms with van der Waals surface area (Å²) < 4.78 is 9.63. The van der Waals surface area contributed by atoms with Crippen LogP contribution in [0.15, 0.2) is 0 Å². The maximum atomic E-state index is 11.7. The molecule has 0 fully saturated rings. The van der Waals surface area contributed by atoms with Crippen LogP contribution in [0.3, 0.4) is 0 Å². The number of anilines is 1. The second-order valence-electron chi connectivity index (χ2n) is 3.44. The first-order chi connectivity index (χ1) is 9.04. The number of nitrogens with one attached hydrogen (secondary N) is 1. The molecule has 0 atom stereocenters. The third-order valence-electron chi connectivity index (χ3n) is 2.21. The van der Waals surface area contributed by atoms with Crippen molar-refractivity contribution < 1.29 is 19.1 Å². The van der Waals surface area contributed by atoms with Crippen LogP contribution in [0.5, 0.6) is 0 Å². The Morgan fingerprint density at radius 2 is 1.95 bits per heavy atom. The molecule has 1 aromatic rings. The maximum absolute atomic E-state index is 11.7. The van der Waals surface area contributed by atoms with Crippen LogP contribution in [-0.2, 0) is 9.47 Å². The molecule has 1 amide bonds. The molecule has 0 aromatic carbocycles. The first-order valence-electron chi connectivity index (χ1n) is 5.69. The molecule has 1 rings (SSSR count). The van der Waals surface area contributed by atoms with E-state index in [2.05, 4.69) is 5.32 Å². The second-order valence-corrected chi connectivity index (χ2v) is 4.46. The quantitative estimate of drug-likeness (QED) is 0.858. The van der Waals surface area contributed by atoms with E-state index < -0.39 is 12.1 Å². The Labute approximate surface area is 114 Å². The average Bonchev–Trinajstić information content (AvgIpc) is 2.66. The van der Waals surface area contributed by atoms with E-state index in [9.17, 15) is 9.59 Å². The van der Waals surface area contributed by atoms with Gasteiger partial charge in [0.15, 0.2) is 0 Å². The lowest BCUT2D eigenvalue weighted by Gasteiger charge is -2.02. The largest absolute Gasteiger partial charge is 0.462 e. The highest BCUT2D eigenvalue weighted by atomic mass is 32.1. The van der Waals surface area contributed by atoms with Crippen molar-refractivity contribution in [2.24, 2.45) is 0 Å². The molecular formula is C12H14N2O4S. The van der Waals surface area contributed by atoms with Gasteiger partial charge in [0.1, 0.15) is 15.9 Å². The summed E-state index contributed by atoms with van der Waals surface area (Å²) in [7, 11) is 0. The molecule has 1 N–H and O–H groups in total. The van der Waals surface area contributed by atoms with Gasteiger partial charge < -0.3 is 9.47 Å². The van der Waals surface area contributed by atoms with Gasteiger partial charge in [0, 0.05) is 0 Å². The van der Waals surface area contributed by atoms with E-state index in [1.807, 2.05) is 6.07 Å². The fraction of sp³-hybridized carbons (Fsp3) is 0.417. The first kappa shape index (κ1) is 15.0. The summed E-state index contributed by atoms with van der Waals surface area (Å²) in [6.07, 6.45) is -0.657. The van der Waals surface area contributed by atoms with Crippen LogP contribution in [0.4, 0.5) is 9.80 Å². The molecule has 0 bridgehead atoms. The smallest absolute Gasteiger partial charge is 0.412 e. The summed E-state index contributed by atoms with van der Waals surface area (Å²) in [4.78, 5) is 23.3. The highest BCUT2D eigenvalue weighted by molar-refractivity contribution is 7.18. The summed E-state index contributed by atoms with van der Waals surface area (Å²) >= 11 is 1.00. The molecule has 0 spiro atoms. The highest BCUT2D eigenvalue weighted by Crippen LogP contribution is 2.33. The van der Waals surface area contributed by atoms with E-state index in [1.165, 1.54) is 0 Å². The van der Waals surface area contributed by atoms with Gasteiger partial charge in [0.2, 0.25) is 0 Å². The number of amides is 1. The number of carbonyl (C=O) groups is 2. The normalized spacial score (nSPS) is 9.58. The molecule has 6 nitrogen and oxygen atoms in total. The molecule has 0 saturated carbocycles. The van der Waals surface area contributed by atoms with E-state index in [-0.39, 0.29) is 18.8 Å². The van der Waals surface area contributed by atoms with Crippen molar-refractivity contribution in [1.29, 1.82) is 5.26 Å². The number of hydrogen-bond donors (Lipinski definition) is 1. The molecule has 0 saturated heterocycles. The van der Waals surface area contributed by atoms with Crippen molar-refractivity contribution in [3.05, 3.63) is 16.0 Å². The number of nitrogens with zero attached hydrogens (tertiary/aromatic N) is 1. The fourth-order valence-electron chi connectivity index (χ4n) is 1.39. The van der Waals surface area contributed by atoms with Gasteiger partial charge in [-0.1, -0.05) is 0 Å². The summed E-state index contributed by atoms with van der Waals surface area (Å²) in [5.74, 6) is -0.501. The van der Waals surface area contributed by atoms with Crippen LogP contribution in [0, 0.1) is 18.3 Å². The third-order valence-corrected chi connectivity index (χ3v) is 3.40. The van der Waals surface area contributed by atoms with Gasteiger partial charge in [-0.2, -0.15) is 5.26 Å². The number of carbonyl (C=O) groups excluding carboxylic acids is 2. The summed E-state index contributed by atoms with van der Waals surface area (Å²) in [6.45, 7) is 5.48. The fourth-order valence-corrected chi connectivity index (χ4v) is 2.42. The van der Waals surface area contributed by atoms with Crippen molar-refractivity contribution in [2.45, 2.75) is 20.8 Å². The van der Waals surface area contributed by atoms with Crippen LogP contribution >= 0.6 is 11.3 Å². The lowest BCUT2D eigenvalue weighted by molar-refractivity contribution is 0.0531. The zero-order valence-corrected chi connectivity index (χ0v) is 11.7.